The van der Waals surface area contributed by atoms with Crippen molar-refractivity contribution >= 4 is 10.9 Å². The van der Waals surface area contributed by atoms with E-state index in [1.165, 1.54) is 11.2 Å². The summed E-state index contributed by atoms with van der Waals surface area (Å²) in [4.78, 5) is 4.90. The first-order valence-electron chi connectivity index (χ1n) is 7.78. The molecule has 3 rings (SSSR count). The molecule has 4 nitrogen and oxygen atoms in total. The number of hydrogen-bond donors (Lipinski definition) is 1. The van der Waals surface area contributed by atoms with Crippen LogP contribution in [0.4, 0.5) is 0 Å². The molecule has 0 unspecified atom stereocenters. The molecule has 1 aromatic carbocycles. The van der Waals surface area contributed by atoms with Gasteiger partial charge in [0, 0.05) is 55.4 Å². The van der Waals surface area contributed by atoms with Crippen molar-refractivity contribution in [2.24, 2.45) is 0 Å². The van der Waals surface area contributed by atoms with Gasteiger partial charge < -0.3 is 14.6 Å². The van der Waals surface area contributed by atoms with Gasteiger partial charge in [-0.05, 0) is 45.2 Å². The summed E-state index contributed by atoms with van der Waals surface area (Å²) in [6.07, 6.45) is 0. The van der Waals surface area contributed by atoms with Crippen molar-refractivity contribution in [1.82, 2.24) is 14.4 Å². The maximum absolute atomic E-state index is 9.69. The zero-order valence-corrected chi connectivity index (χ0v) is 13.2. The predicted molar refractivity (Wildman–Crippen MR) is 86.8 cm³/mol. The smallest absolute Gasteiger partial charge is 0.116 e. The lowest BCUT2D eigenvalue weighted by Crippen LogP contribution is -2.44. The van der Waals surface area contributed by atoms with Gasteiger partial charge in [0.25, 0.3) is 0 Å². The second-order valence-corrected chi connectivity index (χ2v) is 6.42. The molecule has 0 spiro atoms. The van der Waals surface area contributed by atoms with Gasteiger partial charge in [-0.15, -0.1) is 0 Å². The second-order valence-electron chi connectivity index (χ2n) is 6.42. The molecule has 0 bridgehead atoms. The molecule has 1 aliphatic heterocycles. The van der Waals surface area contributed by atoms with E-state index in [1.807, 2.05) is 12.1 Å². The van der Waals surface area contributed by atoms with E-state index in [0.717, 1.165) is 38.1 Å². The average molecular weight is 287 g/mol. The number of phenolic OH excluding ortho intramolecular Hbond substituents is 1. The van der Waals surface area contributed by atoms with Crippen LogP contribution in [0.5, 0.6) is 5.75 Å². The van der Waals surface area contributed by atoms with E-state index >= 15 is 0 Å². The van der Waals surface area contributed by atoms with Crippen LogP contribution in [0.1, 0.15) is 25.6 Å². The first kappa shape index (κ1) is 14.4. The molecule has 1 aliphatic rings. The molecular formula is C17H25N3O. The van der Waals surface area contributed by atoms with E-state index < -0.39 is 0 Å². The Kier molecular flexibility index (Phi) is 3.91. The van der Waals surface area contributed by atoms with E-state index in [4.69, 9.17) is 0 Å². The number of fused-ring (bicyclic) bond motifs is 1. The standard InChI is InChI=1S/C17H25N3O/c1-13(2)20-15(12-19-8-6-18(3)7-9-19)10-14-11-16(21)4-5-17(14)20/h4-5,10-11,13,21H,6-9,12H2,1-3H3. The Morgan fingerprint density at radius 2 is 1.81 bits per heavy atom. The Balaban J connectivity index is 1.92. The van der Waals surface area contributed by atoms with Gasteiger partial charge in [0.15, 0.2) is 0 Å². The van der Waals surface area contributed by atoms with Crippen LogP contribution in [0, 0.1) is 0 Å². The Morgan fingerprint density at radius 3 is 2.48 bits per heavy atom. The highest BCUT2D eigenvalue weighted by molar-refractivity contribution is 5.83. The summed E-state index contributed by atoms with van der Waals surface area (Å²) in [6.45, 7) is 9.97. The minimum absolute atomic E-state index is 0.342. The largest absolute Gasteiger partial charge is 0.508 e. The Bertz CT molecular complexity index is 624. The minimum Gasteiger partial charge on any atom is -0.508 e. The van der Waals surface area contributed by atoms with Crippen molar-refractivity contribution in [2.75, 3.05) is 33.2 Å². The lowest BCUT2D eigenvalue weighted by Gasteiger charge is -2.32. The fourth-order valence-electron chi connectivity index (χ4n) is 3.25. The number of benzene rings is 1. The van der Waals surface area contributed by atoms with Crippen LogP contribution in [-0.4, -0.2) is 52.7 Å². The number of piperazine rings is 1. The van der Waals surface area contributed by atoms with E-state index in [0.29, 0.717) is 11.8 Å². The van der Waals surface area contributed by atoms with Crippen LogP contribution in [0.15, 0.2) is 24.3 Å². The number of aromatic nitrogens is 1. The average Bonchev–Trinajstić information content (AvgIpc) is 2.78. The number of hydrogen-bond acceptors (Lipinski definition) is 3. The molecule has 1 saturated heterocycles. The Labute approximate surface area is 126 Å². The molecule has 0 aliphatic carbocycles. The maximum atomic E-state index is 9.69. The first-order valence-corrected chi connectivity index (χ1v) is 7.78. The molecule has 4 heteroatoms. The van der Waals surface area contributed by atoms with Gasteiger partial charge >= 0.3 is 0 Å². The van der Waals surface area contributed by atoms with Crippen molar-refractivity contribution in [3.8, 4) is 5.75 Å². The molecule has 0 radical (unpaired) electrons. The second kappa shape index (κ2) is 5.70. The number of aromatic hydroxyl groups is 1. The Morgan fingerprint density at radius 1 is 1.10 bits per heavy atom. The molecule has 1 N–H and O–H groups in total. The zero-order chi connectivity index (χ0) is 15.0. The summed E-state index contributed by atoms with van der Waals surface area (Å²) < 4.78 is 2.40. The number of nitrogens with zero attached hydrogens (tertiary/aromatic N) is 3. The molecule has 0 amide bonds. The monoisotopic (exact) mass is 287 g/mol. The fraction of sp³-hybridized carbons (Fsp3) is 0.529. The van der Waals surface area contributed by atoms with E-state index in [2.05, 4.69) is 41.3 Å². The van der Waals surface area contributed by atoms with E-state index in [9.17, 15) is 5.11 Å². The zero-order valence-electron chi connectivity index (χ0n) is 13.2. The highest BCUT2D eigenvalue weighted by Crippen LogP contribution is 2.28. The predicted octanol–water partition coefficient (Wildman–Crippen LogP) is 2.68. The van der Waals surface area contributed by atoms with E-state index in [1.54, 1.807) is 6.07 Å². The molecule has 2 aromatic rings. The van der Waals surface area contributed by atoms with Crippen LogP contribution in [0.25, 0.3) is 10.9 Å². The summed E-state index contributed by atoms with van der Waals surface area (Å²) in [7, 11) is 2.19. The molecule has 0 atom stereocenters. The van der Waals surface area contributed by atoms with Gasteiger partial charge in [0.05, 0.1) is 0 Å². The van der Waals surface area contributed by atoms with Crippen molar-refractivity contribution < 1.29 is 5.11 Å². The lowest BCUT2D eigenvalue weighted by atomic mass is 10.2. The summed E-state index contributed by atoms with van der Waals surface area (Å²) >= 11 is 0. The van der Waals surface area contributed by atoms with Crippen molar-refractivity contribution in [3.63, 3.8) is 0 Å². The molecule has 114 valence electrons. The minimum atomic E-state index is 0.342. The van der Waals surface area contributed by atoms with Gasteiger partial charge in [-0.1, -0.05) is 0 Å². The highest BCUT2D eigenvalue weighted by Gasteiger charge is 2.18. The maximum Gasteiger partial charge on any atom is 0.116 e. The van der Waals surface area contributed by atoms with Gasteiger partial charge in [0.2, 0.25) is 0 Å². The van der Waals surface area contributed by atoms with Crippen molar-refractivity contribution in [2.45, 2.75) is 26.4 Å². The SMILES string of the molecule is CC(C)n1c(CN2CCN(C)CC2)cc2cc(O)ccc21. The Hall–Kier alpha value is -1.52. The van der Waals surface area contributed by atoms with Gasteiger partial charge in [0.1, 0.15) is 5.75 Å². The molecule has 21 heavy (non-hydrogen) atoms. The first-order chi connectivity index (χ1) is 10.0. The quantitative estimate of drug-likeness (QED) is 0.942. The highest BCUT2D eigenvalue weighted by atomic mass is 16.3. The topological polar surface area (TPSA) is 31.6 Å². The van der Waals surface area contributed by atoms with Gasteiger partial charge in [-0.25, -0.2) is 0 Å². The molecular weight excluding hydrogens is 262 g/mol. The third kappa shape index (κ3) is 2.92. The van der Waals surface area contributed by atoms with Crippen LogP contribution >= 0.6 is 0 Å². The summed E-state index contributed by atoms with van der Waals surface area (Å²) in [6, 6.07) is 8.32. The van der Waals surface area contributed by atoms with Crippen LogP contribution in [-0.2, 0) is 6.54 Å². The molecule has 0 saturated carbocycles. The lowest BCUT2D eigenvalue weighted by molar-refractivity contribution is 0.145. The van der Waals surface area contributed by atoms with Crippen LogP contribution < -0.4 is 0 Å². The summed E-state index contributed by atoms with van der Waals surface area (Å²) in [5, 5.41) is 10.8. The molecule has 1 aromatic heterocycles. The van der Waals surface area contributed by atoms with Gasteiger partial charge in [-0.2, -0.15) is 0 Å². The molecule has 1 fully saturated rings. The summed E-state index contributed by atoms with van der Waals surface area (Å²) in [5.41, 5.74) is 2.56. The number of rotatable bonds is 3. The number of phenols is 1. The van der Waals surface area contributed by atoms with Crippen molar-refractivity contribution in [1.29, 1.82) is 0 Å². The van der Waals surface area contributed by atoms with Crippen LogP contribution in [0.2, 0.25) is 0 Å². The van der Waals surface area contributed by atoms with Crippen LogP contribution in [0.3, 0.4) is 0 Å². The van der Waals surface area contributed by atoms with Gasteiger partial charge in [-0.3, -0.25) is 4.90 Å². The normalized spacial score (nSPS) is 17.9. The third-order valence-corrected chi connectivity index (χ3v) is 4.40. The van der Waals surface area contributed by atoms with Crippen molar-refractivity contribution in [3.05, 3.63) is 30.0 Å². The third-order valence-electron chi connectivity index (χ3n) is 4.40. The number of likely N-dealkylation sites (N-methyl/N-ethyl adjacent to an activating group) is 1. The fourth-order valence-corrected chi connectivity index (χ4v) is 3.25. The molecule has 2 heterocycles. The summed E-state index contributed by atoms with van der Waals surface area (Å²) in [5.74, 6) is 0.342. The van der Waals surface area contributed by atoms with E-state index in [-0.39, 0.29) is 0 Å².